The fourth-order valence-corrected chi connectivity index (χ4v) is 3.21. The lowest BCUT2D eigenvalue weighted by atomic mass is 10.1. The number of carbonyl (C=O) groups is 3. The van der Waals surface area contributed by atoms with Gasteiger partial charge in [-0.2, -0.15) is 0 Å². The van der Waals surface area contributed by atoms with Crippen molar-refractivity contribution in [2.75, 3.05) is 41.9 Å². The number of anilines is 3. The molecule has 0 aliphatic carbocycles. The smallest absolute Gasteiger partial charge is 0.319 e. The minimum atomic E-state index is -1.17. The summed E-state index contributed by atoms with van der Waals surface area (Å²) in [5.41, 5.74) is 3.16. The first kappa shape index (κ1) is 22.8. The highest BCUT2D eigenvalue weighted by Gasteiger charge is 2.23. The molecule has 2 aromatic rings. The number of nitrogens with zero attached hydrogens (tertiary/aromatic N) is 1. The van der Waals surface area contributed by atoms with E-state index in [-0.39, 0.29) is 12.5 Å². The maximum absolute atomic E-state index is 12.5. The molecule has 0 aromatic heterocycles. The van der Waals surface area contributed by atoms with E-state index in [9.17, 15) is 19.5 Å². The van der Waals surface area contributed by atoms with E-state index >= 15 is 0 Å². The van der Waals surface area contributed by atoms with Crippen molar-refractivity contribution in [3.8, 4) is 12.3 Å². The minimum absolute atomic E-state index is 0.0396. The molecule has 0 spiro atoms. The Balaban J connectivity index is 1.60. The first-order valence-electron chi connectivity index (χ1n) is 9.96. The lowest BCUT2D eigenvalue weighted by Crippen LogP contribution is -2.47. The minimum Gasteiger partial charge on any atom is -0.394 e. The average Bonchev–Trinajstić information content (AvgIpc) is 2.78. The Bertz CT molecular complexity index is 1050. The Labute approximate surface area is 185 Å². The number of urea groups is 1. The molecule has 166 valence electrons. The molecule has 0 saturated carbocycles. The molecule has 0 bridgehead atoms. The summed E-state index contributed by atoms with van der Waals surface area (Å²) in [5.74, 6) is 1.77. The van der Waals surface area contributed by atoms with E-state index < -0.39 is 24.6 Å². The van der Waals surface area contributed by atoms with Gasteiger partial charge in [0, 0.05) is 29.2 Å². The molecule has 4 N–H and O–H groups in total. The largest absolute Gasteiger partial charge is 0.394 e. The third-order valence-electron chi connectivity index (χ3n) is 4.85. The van der Waals surface area contributed by atoms with Crippen LogP contribution in [-0.2, 0) is 14.3 Å². The summed E-state index contributed by atoms with van der Waals surface area (Å²) in [5, 5.41) is 17.2. The van der Waals surface area contributed by atoms with E-state index in [0.29, 0.717) is 30.1 Å². The zero-order valence-electron chi connectivity index (χ0n) is 17.6. The molecule has 32 heavy (non-hydrogen) atoms. The van der Waals surface area contributed by atoms with Gasteiger partial charge < -0.3 is 30.7 Å². The number of benzene rings is 2. The molecule has 4 amide bonds. The number of hydrogen-bond donors (Lipinski definition) is 4. The number of terminal acetylenes is 1. The van der Waals surface area contributed by atoms with Crippen LogP contribution in [0.3, 0.4) is 0 Å². The molecular formula is C23H24N4O5. The van der Waals surface area contributed by atoms with Crippen molar-refractivity contribution in [3.63, 3.8) is 0 Å². The van der Waals surface area contributed by atoms with Gasteiger partial charge in [0.1, 0.15) is 12.6 Å². The molecule has 1 unspecified atom stereocenters. The zero-order valence-corrected chi connectivity index (χ0v) is 17.6. The van der Waals surface area contributed by atoms with Crippen LogP contribution in [0.25, 0.3) is 0 Å². The van der Waals surface area contributed by atoms with Crippen molar-refractivity contribution in [2.45, 2.75) is 13.0 Å². The lowest BCUT2D eigenvalue weighted by molar-refractivity contribution is -0.125. The number of carbonyl (C=O) groups excluding carboxylic acids is 3. The molecule has 9 nitrogen and oxygen atoms in total. The van der Waals surface area contributed by atoms with Crippen molar-refractivity contribution in [2.24, 2.45) is 0 Å². The van der Waals surface area contributed by atoms with E-state index in [1.807, 2.05) is 6.92 Å². The van der Waals surface area contributed by atoms with E-state index in [0.717, 1.165) is 11.3 Å². The second-order valence-electron chi connectivity index (χ2n) is 7.14. The summed E-state index contributed by atoms with van der Waals surface area (Å²) in [6.07, 6.45) is 5.30. The van der Waals surface area contributed by atoms with Crippen LogP contribution in [0.2, 0.25) is 0 Å². The quantitative estimate of drug-likeness (QED) is 0.511. The number of morpholine rings is 1. The topological polar surface area (TPSA) is 120 Å². The normalized spacial score (nSPS) is 14.3. The Morgan fingerprint density at radius 2 is 1.91 bits per heavy atom. The van der Waals surface area contributed by atoms with Crippen molar-refractivity contribution < 1.29 is 24.2 Å². The molecular weight excluding hydrogens is 412 g/mol. The molecule has 1 heterocycles. The SMILES string of the molecule is C#Cc1ccc(NC(=O)NC(CO)C(=O)Nc2ccc(N3CCOCC3=O)c(C)c2)cc1. The summed E-state index contributed by atoms with van der Waals surface area (Å²) in [4.78, 5) is 38.4. The predicted molar refractivity (Wildman–Crippen MR) is 120 cm³/mol. The first-order valence-corrected chi connectivity index (χ1v) is 9.96. The maximum Gasteiger partial charge on any atom is 0.319 e. The number of amides is 4. The van der Waals surface area contributed by atoms with Crippen LogP contribution in [-0.4, -0.2) is 55.4 Å². The van der Waals surface area contributed by atoms with Gasteiger partial charge in [-0.3, -0.25) is 9.59 Å². The monoisotopic (exact) mass is 436 g/mol. The van der Waals surface area contributed by atoms with Gasteiger partial charge in [0.05, 0.1) is 13.2 Å². The third kappa shape index (κ3) is 5.63. The Hall–Kier alpha value is -3.87. The molecule has 0 radical (unpaired) electrons. The number of nitrogens with one attached hydrogen (secondary N) is 3. The van der Waals surface area contributed by atoms with E-state index in [2.05, 4.69) is 21.9 Å². The molecule has 1 atom stereocenters. The average molecular weight is 436 g/mol. The van der Waals surface area contributed by atoms with Gasteiger partial charge in [-0.15, -0.1) is 6.42 Å². The Kier molecular flexibility index (Phi) is 7.44. The standard InChI is InChI=1S/C23H24N4O5/c1-3-16-4-6-17(7-5-16)25-23(31)26-19(13-28)22(30)24-18-8-9-20(15(2)12-18)27-10-11-32-14-21(27)29/h1,4-9,12,19,28H,10-11,13-14H2,2H3,(H,24,30)(H2,25,26,31). The molecule has 1 saturated heterocycles. The van der Waals surface area contributed by atoms with Crippen LogP contribution in [0.1, 0.15) is 11.1 Å². The van der Waals surface area contributed by atoms with E-state index in [1.54, 1.807) is 47.4 Å². The Morgan fingerprint density at radius 3 is 2.53 bits per heavy atom. The van der Waals surface area contributed by atoms with Crippen molar-refractivity contribution in [1.29, 1.82) is 0 Å². The van der Waals surface area contributed by atoms with Gasteiger partial charge in [0.15, 0.2) is 0 Å². The number of aliphatic hydroxyl groups excluding tert-OH is 1. The van der Waals surface area contributed by atoms with Crippen LogP contribution in [0.15, 0.2) is 42.5 Å². The maximum atomic E-state index is 12.5. The number of aryl methyl sites for hydroxylation is 1. The van der Waals surface area contributed by atoms with Gasteiger partial charge in [0.2, 0.25) is 5.91 Å². The van der Waals surface area contributed by atoms with E-state index in [1.165, 1.54) is 0 Å². The van der Waals surface area contributed by atoms with Gasteiger partial charge in [-0.25, -0.2) is 4.79 Å². The number of rotatable bonds is 6. The highest BCUT2D eigenvalue weighted by atomic mass is 16.5. The van der Waals surface area contributed by atoms with Gasteiger partial charge in [-0.1, -0.05) is 5.92 Å². The van der Waals surface area contributed by atoms with Crippen molar-refractivity contribution >= 4 is 34.9 Å². The van der Waals surface area contributed by atoms with Crippen molar-refractivity contribution in [3.05, 3.63) is 53.6 Å². The molecule has 3 rings (SSSR count). The summed E-state index contributed by atoms with van der Waals surface area (Å²) in [6, 6.07) is 9.90. The number of hydrogen-bond acceptors (Lipinski definition) is 5. The Morgan fingerprint density at radius 1 is 1.19 bits per heavy atom. The molecule has 9 heteroatoms. The lowest BCUT2D eigenvalue weighted by Gasteiger charge is -2.28. The van der Waals surface area contributed by atoms with Gasteiger partial charge >= 0.3 is 6.03 Å². The number of aliphatic hydroxyl groups is 1. The molecule has 1 aliphatic rings. The second kappa shape index (κ2) is 10.4. The third-order valence-corrected chi connectivity index (χ3v) is 4.85. The van der Waals surface area contributed by atoms with Crippen LogP contribution >= 0.6 is 0 Å². The van der Waals surface area contributed by atoms with Gasteiger partial charge in [-0.05, 0) is 55.0 Å². The summed E-state index contributed by atoms with van der Waals surface area (Å²) < 4.78 is 5.15. The van der Waals surface area contributed by atoms with E-state index in [4.69, 9.17) is 11.2 Å². The van der Waals surface area contributed by atoms with Gasteiger partial charge in [0.25, 0.3) is 5.91 Å². The van der Waals surface area contributed by atoms with Crippen molar-refractivity contribution in [1.82, 2.24) is 5.32 Å². The molecule has 1 aliphatic heterocycles. The van der Waals surface area contributed by atoms with Crippen LogP contribution in [0, 0.1) is 19.3 Å². The molecule has 2 aromatic carbocycles. The van der Waals surface area contributed by atoms with Crippen LogP contribution < -0.4 is 20.9 Å². The van der Waals surface area contributed by atoms with Crippen LogP contribution in [0.5, 0.6) is 0 Å². The summed E-state index contributed by atoms with van der Waals surface area (Å²) in [7, 11) is 0. The van der Waals surface area contributed by atoms with Crippen LogP contribution in [0.4, 0.5) is 21.9 Å². The highest BCUT2D eigenvalue weighted by Crippen LogP contribution is 2.25. The zero-order chi connectivity index (χ0) is 23.1. The molecule has 1 fully saturated rings. The first-order chi connectivity index (χ1) is 15.4. The fraction of sp³-hybridized carbons (Fsp3) is 0.261. The number of ether oxygens (including phenoxy) is 1. The predicted octanol–water partition coefficient (Wildman–Crippen LogP) is 1.46. The fourth-order valence-electron chi connectivity index (χ4n) is 3.21. The summed E-state index contributed by atoms with van der Waals surface area (Å²) in [6.45, 7) is 2.20. The highest BCUT2D eigenvalue weighted by molar-refractivity contribution is 6.00. The second-order valence-corrected chi connectivity index (χ2v) is 7.14. The summed E-state index contributed by atoms with van der Waals surface area (Å²) >= 11 is 0.